The van der Waals surface area contributed by atoms with Gasteiger partial charge in [-0.15, -0.1) is 10.2 Å². The number of rotatable bonds is 6. The lowest BCUT2D eigenvalue weighted by molar-refractivity contribution is 0.408. The van der Waals surface area contributed by atoms with Gasteiger partial charge in [-0.05, 0) is 31.4 Å². The van der Waals surface area contributed by atoms with Crippen molar-refractivity contribution in [2.45, 2.75) is 52.1 Å². The lowest BCUT2D eigenvalue weighted by Crippen LogP contribution is -2.38. The zero-order valence-corrected chi connectivity index (χ0v) is 16.6. The van der Waals surface area contributed by atoms with E-state index >= 15 is 0 Å². The number of aliphatic imine (C=N–C) groups is 1. The summed E-state index contributed by atoms with van der Waals surface area (Å²) >= 11 is 0. The second kappa shape index (κ2) is 9.39. The first kappa shape index (κ1) is 19.2. The first-order valence-electron chi connectivity index (χ1n) is 9.70. The van der Waals surface area contributed by atoms with Crippen LogP contribution in [0.4, 0.5) is 0 Å². The minimum atomic E-state index is 0.656. The number of benzene rings is 1. The topological polar surface area (TPSA) is 76.4 Å². The normalized spacial score (nSPS) is 14.4. The quantitative estimate of drug-likeness (QED) is 0.602. The van der Waals surface area contributed by atoms with E-state index in [-0.39, 0.29) is 0 Å². The van der Waals surface area contributed by atoms with E-state index in [1.807, 2.05) is 6.07 Å². The number of aromatic nitrogens is 3. The Hall–Kier alpha value is -2.57. The van der Waals surface area contributed by atoms with Gasteiger partial charge in [-0.25, -0.2) is 0 Å². The third-order valence-corrected chi connectivity index (χ3v) is 4.94. The largest absolute Gasteiger partial charge is 0.496 e. The summed E-state index contributed by atoms with van der Waals surface area (Å²) in [6, 6.07) is 6.22. The Balaban J connectivity index is 1.51. The molecule has 0 fully saturated rings. The summed E-state index contributed by atoms with van der Waals surface area (Å²) in [5.74, 6) is 3.86. The number of nitrogens with zero attached hydrogens (tertiary/aromatic N) is 4. The first-order chi connectivity index (χ1) is 13.2. The van der Waals surface area contributed by atoms with E-state index in [1.54, 1.807) is 14.2 Å². The second-order valence-electron chi connectivity index (χ2n) is 6.91. The summed E-state index contributed by atoms with van der Waals surface area (Å²) in [5, 5.41) is 15.5. The number of nitrogens with one attached hydrogen (secondary N) is 2. The summed E-state index contributed by atoms with van der Waals surface area (Å²) in [7, 11) is 3.48. The lowest BCUT2D eigenvalue weighted by atomic mass is 10.1. The second-order valence-corrected chi connectivity index (χ2v) is 6.91. The van der Waals surface area contributed by atoms with Gasteiger partial charge in [-0.2, -0.15) is 0 Å². The molecule has 0 atom stereocenters. The Labute approximate surface area is 161 Å². The maximum Gasteiger partial charge on any atom is 0.191 e. The molecule has 0 spiro atoms. The third kappa shape index (κ3) is 4.99. The first-order valence-corrected chi connectivity index (χ1v) is 9.70. The SMILES string of the molecule is CN=C(NCCc1nnc2n1CCCCC2)NCc1ccc(C)cc1OC. The van der Waals surface area contributed by atoms with Crippen LogP contribution in [0.15, 0.2) is 23.2 Å². The predicted molar refractivity (Wildman–Crippen MR) is 107 cm³/mol. The Kier molecular flexibility index (Phi) is 6.68. The maximum absolute atomic E-state index is 5.47. The molecule has 0 aliphatic carbocycles. The minimum absolute atomic E-state index is 0.656. The smallest absolute Gasteiger partial charge is 0.191 e. The highest BCUT2D eigenvalue weighted by Gasteiger charge is 2.14. The zero-order valence-electron chi connectivity index (χ0n) is 16.6. The maximum atomic E-state index is 5.47. The van der Waals surface area contributed by atoms with E-state index in [1.165, 1.54) is 24.8 Å². The van der Waals surface area contributed by atoms with Crippen molar-refractivity contribution in [3.05, 3.63) is 41.0 Å². The summed E-state index contributed by atoms with van der Waals surface area (Å²) in [4.78, 5) is 4.31. The van der Waals surface area contributed by atoms with Crippen LogP contribution in [0.3, 0.4) is 0 Å². The molecule has 146 valence electrons. The van der Waals surface area contributed by atoms with E-state index in [0.717, 1.165) is 54.9 Å². The van der Waals surface area contributed by atoms with E-state index in [2.05, 4.69) is 49.4 Å². The molecule has 1 aromatic heterocycles. The number of fused-ring (bicyclic) bond motifs is 1. The highest BCUT2D eigenvalue weighted by atomic mass is 16.5. The van der Waals surface area contributed by atoms with Gasteiger partial charge >= 0.3 is 0 Å². The van der Waals surface area contributed by atoms with Gasteiger partial charge in [0.15, 0.2) is 5.96 Å². The van der Waals surface area contributed by atoms with Crippen molar-refractivity contribution >= 4 is 5.96 Å². The van der Waals surface area contributed by atoms with Crippen molar-refractivity contribution in [3.8, 4) is 5.75 Å². The molecule has 1 aliphatic rings. The van der Waals surface area contributed by atoms with Gasteiger partial charge in [0.1, 0.15) is 17.4 Å². The molecule has 0 amide bonds. The molecule has 0 unspecified atom stereocenters. The molecule has 0 bridgehead atoms. The van der Waals surface area contributed by atoms with Gasteiger partial charge in [-0.3, -0.25) is 4.99 Å². The average molecular weight is 371 g/mol. The van der Waals surface area contributed by atoms with Crippen LogP contribution in [0.2, 0.25) is 0 Å². The Morgan fingerprint density at radius 3 is 2.93 bits per heavy atom. The van der Waals surface area contributed by atoms with E-state index in [9.17, 15) is 0 Å². The molecule has 3 rings (SSSR count). The fourth-order valence-electron chi connectivity index (χ4n) is 3.42. The van der Waals surface area contributed by atoms with Gasteiger partial charge in [-0.1, -0.05) is 18.6 Å². The summed E-state index contributed by atoms with van der Waals surface area (Å²) < 4.78 is 7.76. The molecule has 2 heterocycles. The van der Waals surface area contributed by atoms with Crippen LogP contribution in [-0.4, -0.2) is 41.4 Å². The molecule has 7 heteroatoms. The fraction of sp³-hybridized carbons (Fsp3) is 0.550. The van der Waals surface area contributed by atoms with Crippen molar-refractivity contribution in [2.75, 3.05) is 20.7 Å². The molecule has 2 aromatic rings. The zero-order chi connectivity index (χ0) is 19.1. The Morgan fingerprint density at radius 2 is 2.11 bits per heavy atom. The highest BCUT2D eigenvalue weighted by Crippen LogP contribution is 2.19. The summed E-state index contributed by atoms with van der Waals surface area (Å²) in [5.41, 5.74) is 2.29. The van der Waals surface area contributed by atoms with Gasteiger partial charge in [0.05, 0.1) is 7.11 Å². The Bertz CT molecular complexity index is 783. The fourth-order valence-corrected chi connectivity index (χ4v) is 3.42. The number of guanidine groups is 1. The van der Waals surface area contributed by atoms with Crippen molar-refractivity contribution in [1.82, 2.24) is 25.4 Å². The molecule has 7 nitrogen and oxygen atoms in total. The van der Waals surface area contributed by atoms with Crippen molar-refractivity contribution in [3.63, 3.8) is 0 Å². The molecule has 0 saturated heterocycles. The van der Waals surface area contributed by atoms with E-state index in [0.29, 0.717) is 6.54 Å². The van der Waals surface area contributed by atoms with Crippen LogP contribution in [0, 0.1) is 6.92 Å². The number of hydrogen-bond acceptors (Lipinski definition) is 4. The predicted octanol–water partition coefficient (Wildman–Crippen LogP) is 2.23. The average Bonchev–Trinajstić information content (AvgIpc) is 2.91. The van der Waals surface area contributed by atoms with E-state index in [4.69, 9.17) is 4.74 Å². The highest BCUT2D eigenvalue weighted by molar-refractivity contribution is 5.79. The molecule has 27 heavy (non-hydrogen) atoms. The minimum Gasteiger partial charge on any atom is -0.496 e. The van der Waals surface area contributed by atoms with Crippen molar-refractivity contribution < 1.29 is 4.74 Å². The summed E-state index contributed by atoms with van der Waals surface area (Å²) in [6.45, 7) is 4.52. The Morgan fingerprint density at radius 1 is 1.22 bits per heavy atom. The lowest BCUT2D eigenvalue weighted by Gasteiger charge is -2.14. The molecular weight excluding hydrogens is 340 g/mol. The van der Waals surface area contributed by atoms with Gasteiger partial charge < -0.3 is 19.9 Å². The van der Waals surface area contributed by atoms with Gasteiger partial charge in [0, 0.05) is 45.1 Å². The van der Waals surface area contributed by atoms with Crippen molar-refractivity contribution in [2.24, 2.45) is 4.99 Å². The van der Waals surface area contributed by atoms with Crippen LogP contribution in [0.25, 0.3) is 0 Å². The van der Waals surface area contributed by atoms with Gasteiger partial charge in [0.25, 0.3) is 0 Å². The van der Waals surface area contributed by atoms with Crippen LogP contribution in [0.1, 0.15) is 42.0 Å². The van der Waals surface area contributed by atoms with Crippen LogP contribution in [0.5, 0.6) is 5.75 Å². The standard InChI is InChI=1S/C20H30N6O/c1-15-8-9-16(17(13-15)27-3)14-23-20(21-2)22-11-10-19-25-24-18-7-5-4-6-12-26(18)19/h8-9,13H,4-7,10-12,14H2,1-3H3,(H2,21,22,23). The van der Waals surface area contributed by atoms with E-state index < -0.39 is 0 Å². The molecule has 1 aromatic carbocycles. The van der Waals surface area contributed by atoms with Gasteiger partial charge in [0.2, 0.25) is 0 Å². The molecule has 1 aliphatic heterocycles. The number of methoxy groups -OCH3 is 1. The monoisotopic (exact) mass is 370 g/mol. The molecule has 2 N–H and O–H groups in total. The van der Waals surface area contributed by atoms with Crippen LogP contribution >= 0.6 is 0 Å². The van der Waals surface area contributed by atoms with Crippen molar-refractivity contribution in [1.29, 1.82) is 0 Å². The van der Waals surface area contributed by atoms with Crippen LogP contribution < -0.4 is 15.4 Å². The number of hydrogen-bond donors (Lipinski definition) is 2. The summed E-state index contributed by atoms with van der Waals surface area (Å²) in [6.07, 6.45) is 5.59. The molecule has 0 saturated carbocycles. The number of ether oxygens (including phenoxy) is 1. The van der Waals surface area contributed by atoms with Crippen LogP contribution in [-0.2, 0) is 25.9 Å². The number of aryl methyl sites for hydroxylation is 2. The molecular formula is C20H30N6O. The molecule has 0 radical (unpaired) electrons. The third-order valence-electron chi connectivity index (χ3n) is 4.94.